The van der Waals surface area contributed by atoms with Crippen LogP contribution in [0.25, 0.3) is 22.9 Å². The van der Waals surface area contributed by atoms with Crippen LogP contribution in [0.5, 0.6) is 5.75 Å². The van der Waals surface area contributed by atoms with Crippen molar-refractivity contribution >= 4 is 45.0 Å². The van der Waals surface area contributed by atoms with Crippen molar-refractivity contribution < 1.29 is 31.7 Å². The highest BCUT2D eigenvalue weighted by atomic mass is 32.2. The lowest BCUT2D eigenvalue weighted by atomic mass is 10.1. The molecule has 0 fully saturated rings. The van der Waals surface area contributed by atoms with E-state index in [1.54, 1.807) is 62.4 Å². The van der Waals surface area contributed by atoms with Gasteiger partial charge in [-0.15, -0.1) is 0 Å². The second-order valence-electron chi connectivity index (χ2n) is 7.74. The van der Waals surface area contributed by atoms with E-state index < -0.39 is 27.8 Å². The first-order valence-electron chi connectivity index (χ1n) is 11.4. The lowest BCUT2D eigenvalue weighted by Crippen LogP contribution is -2.13. The fraction of sp³-hybridized carbons (Fsp3) is 0.179. The van der Waals surface area contributed by atoms with E-state index in [-0.39, 0.29) is 24.5 Å². The van der Waals surface area contributed by atoms with Crippen LogP contribution in [-0.2, 0) is 34.9 Å². The Morgan fingerprint density at radius 2 is 1.49 bits per heavy atom. The highest BCUT2D eigenvalue weighted by Gasteiger charge is 2.19. The van der Waals surface area contributed by atoms with Gasteiger partial charge in [-0.1, -0.05) is 42.5 Å². The normalized spacial score (nSPS) is 11.5. The number of nitrogens with zero attached hydrogens (tertiary/aromatic N) is 1. The molecule has 0 saturated carbocycles. The van der Waals surface area contributed by atoms with Gasteiger partial charge in [0.05, 0.1) is 18.8 Å². The Hall–Kier alpha value is -4.42. The molecule has 3 aromatic rings. The Balaban J connectivity index is 1.96. The van der Waals surface area contributed by atoms with Gasteiger partial charge in [0.25, 0.3) is 0 Å². The summed E-state index contributed by atoms with van der Waals surface area (Å²) in [6.07, 6.45) is 5.41. The molecule has 0 radical (unpaired) electrons. The summed E-state index contributed by atoms with van der Waals surface area (Å²) in [4.78, 5) is 23.5. The largest absolute Gasteiger partial charge is 0.463 e. The Morgan fingerprint density at radius 1 is 0.892 bits per heavy atom. The molecule has 3 rings (SSSR count). The number of hydrogen-bond acceptors (Lipinski definition) is 8. The number of ether oxygens (including phenoxy) is 2. The van der Waals surface area contributed by atoms with Crippen LogP contribution in [0.15, 0.2) is 66.7 Å². The zero-order valence-corrected chi connectivity index (χ0v) is 21.2. The Bertz CT molecular complexity index is 1470. The lowest BCUT2D eigenvalue weighted by molar-refractivity contribution is -0.138. The van der Waals surface area contributed by atoms with Gasteiger partial charge in [-0.3, -0.25) is 0 Å². The molecule has 0 bridgehead atoms. The molecule has 0 N–H and O–H groups in total. The maximum Gasteiger partial charge on any atom is 0.330 e. The van der Waals surface area contributed by atoms with Crippen molar-refractivity contribution in [2.75, 3.05) is 13.2 Å². The Kier molecular flexibility index (Phi) is 9.19. The van der Waals surface area contributed by atoms with Gasteiger partial charge >= 0.3 is 22.1 Å². The van der Waals surface area contributed by atoms with Gasteiger partial charge in [0.1, 0.15) is 11.8 Å². The number of carbonyl (C=O) groups is 2. The summed E-state index contributed by atoms with van der Waals surface area (Å²) in [5, 5.41) is 10.7. The van der Waals surface area contributed by atoms with E-state index in [0.717, 1.165) is 5.39 Å². The highest BCUT2D eigenvalue weighted by molar-refractivity contribution is 7.86. The van der Waals surface area contributed by atoms with E-state index in [1.165, 1.54) is 30.4 Å². The maximum atomic E-state index is 13.1. The van der Waals surface area contributed by atoms with Crippen molar-refractivity contribution in [2.45, 2.75) is 19.6 Å². The highest BCUT2D eigenvalue weighted by Crippen LogP contribution is 2.31. The van der Waals surface area contributed by atoms with Gasteiger partial charge in [0.2, 0.25) is 0 Å². The molecule has 0 aliphatic heterocycles. The molecule has 0 amide bonds. The topological polar surface area (TPSA) is 120 Å². The predicted molar refractivity (Wildman–Crippen MR) is 140 cm³/mol. The summed E-state index contributed by atoms with van der Waals surface area (Å²) in [5.41, 5.74) is 1.44. The number of esters is 2. The van der Waals surface area contributed by atoms with Crippen LogP contribution in [0.2, 0.25) is 0 Å². The molecule has 3 aromatic carbocycles. The van der Waals surface area contributed by atoms with Crippen molar-refractivity contribution in [1.29, 1.82) is 5.26 Å². The monoisotopic (exact) mass is 519 g/mol. The zero-order valence-electron chi connectivity index (χ0n) is 20.3. The van der Waals surface area contributed by atoms with Gasteiger partial charge < -0.3 is 13.7 Å². The van der Waals surface area contributed by atoms with E-state index in [1.807, 2.05) is 6.07 Å². The SMILES string of the molecule is CCOC(=O)/C=C/c1cc(/C=C/C(=O)OCC)cc(CS(=O)(=O)Oc2c(C#N)ccc3ccccc23)c1. The minimum absolute atomic E-state index is 0.0404. The van der Waals surface area contributed by atoms with E-state index in [2.05, 4.69) is 0 Å². The van der Waals surface area contributed by atoms with E-state index in [0.29, 0.717) is 22.1 Å². The summed E-state index contributed by atoms with van der Waals surface area (Å²) in [5.74, 6) is -1.66. The maximum absolute atomic E-state index is 13.1. The molecule has 0 aliphatic carbocycles. The molecule has 0 aromatic heterocycles. The van der Waals surface area contributed by atoms with Crippen LogP contribution in [0.3, 0.4) is 0 Å². The molecule has 0 atom stereocenters. The minimum atomic E-state index is -4.21. The van der Waals surface area contributed by atoms with E-state index in [4.69, 9.17) is 13.7 Å². The number of benzene rings is 3. The van der Waals surface area contributed by atoms with Gasteiger partial charge in [-0.2, -0.15) is 13.7 Å². The summed E-state index contributed by atoms with van der Waals surface area (Å²) >= 11 is 0. The Morgan fingerprint density at radius 3 is 2.05 bits per heavy atom. The van der Waals surface area contributed by atoms with Crippen molar-refractivity contribution in [3.63, 3.8) is 0 Å². The number of nitriles is 1. The van der Waals surface area contributed by atoms with Crippen LogP contribution in [-0.4, -0.2) is 33.6 Å². The summed E-state index contributed by atoms with van der Waals surface area (Å²) in [6.45, 7) is 3.79. The smallest absolute Gasteiger partial charge is 0.330 e. The standard InChI is InChI=1S/C28H25NO7S/c1-3-34-26(30)13-9-20-15-21(10-14-27(31)35-4-2)17-22(16-20)19-37(32,33)36-28-24(18-29)12-11-23-7-5-6-8-25(23)28/h5-17H,3-4,19H2,1-2H3/b13-9+,14-10+. The molecule has 37 heavy (non-hydrogen) atoms. The fourth-order valence-electron chi connectivity index (χ4n) is 3.51. The van der Waals surface area contributed by atoms with Crippen molar-refractivity contribution in [2.24, 2.45) is 0 Å². The number of hydrogen-bond donors (Lipinski definition) is 0. The molecule has 0 aliphatic rings. The second kappa shape index (κ2) is 12.5. The first kappa shape index (κ1) is 27.2. The minimum Gasteiger partial charge on any atom is -0.463 e. The van der Waals surface area contributed by atoms with Crippen molar-refractivity contribution in [3.05, 3.63) is 89.0 Å². The molecule has 0 unspecified atom stereocenters. The third kappa shape index (κ3) is 7.78. The number of rotatable bonds is 10. The lowest BCUT2D eigenvalue weighted by Gasteiger charge is -2.12. The predicted octanol–water partition coefficient (Wildman–Crippen LogP) is 4.77. The molecule has 0 heterocycles. The molecule has 9 heteroatoms. The molecule has 0 saturated heterocycles. The van der Waals surface area contributed by atoms with Gasteiger partial charge in [-0.05, 0) is 60.2 Å². The molecular formula is C28H25NO7S. The average Bonchev–Trinajstić information content (AvgIpc) is 2.86. The zero-order chi connectivity index (χ0) is 26.8. The molecular weight excluding hydrogens is 494 g/mol. The van der Waals surface area contributed by atoms with Crippen LogP contribution in [0.1, 0.15) is 36.1 Å². The third-order valence-electron chi connectivity index (χ3n) is 4.99. The fourth-order valence-corrected chi connectivity index (χ4v) is 4.58. The molecule has 8 nitrogen and oxygen atoms in total. The van der Waals surface area contributed by atoms with Gasteiger partial charge in [0.15, 0.2) is 5.75 Å². The first-order chi connectivity index (χ1) is 17.7. The number of fused-ring (bicyclic) bond motifs is 1. The van der Waals surface area contributed by atoms with Crippen LogP contribution < -0.4 is 4.18 Å². The van der Waals surface area contributed by atoms with E-state index >= 15 is 0 Å². The molecule has 190 valence electrons. The van der Waals surface area contributed by atoms with Crippen LogP contribution >= 0.6 is 0 Å². The third-order valence-corrected chi connectivity index (χ3v) is 6.10. The molecule has 0 spiro atoms. The quantitative estimate of drug-likeness (QED) is 0.213. The van der Waals surface area contributed by atoms with Crippen molar-refractivity contribution in [1.82, 2.24) is 0 Å². The van der Waals surface area contributed by atoms with Crippen LogP contribution in [0, 0.1) is 11.3 Å². The van der Waals surface area contributed by atoms with Gasteiger partial charge in [-0.25, -0.2) is 9.59 Å². The number of carbonyl (C=O) groups excluding carboxylic acids is 2. The van der Waals surface area contributed by atoms with Crippen molar-refractivity contribution in [3.8, 4) is 11.8 Å². The van der Waals surface area contributed by atoms with Gasteiger partial charge in [0, 0.05) is 17.5 Å². The van der Waals surface area contributed by atoms with E-state index in [9.17, 15) is 23.3 Å². The average molecular weight is 520 g/mol. The summed E-state index contributed by atoms with van der Waals surface area (Å²) in [6, 6.07) is 17.0. The first-order valence-corrected chi connectivity index (χ1v) is 13.0. The Labute approximate surface area is 215 Å². The summed E-state index contributed by atoms with van der Waals surface area (Å²) < 4.78 is 41.4. The summed E-state index contributed by atoms with van der Waals surface area (Å²) in [7, 11) is -4.21. The van der Waals surface area contributed by atoms with Crippen LogP contribution in [0.4, 0.5) is 0 Å². The second-order valence-corrected chi connectivity index (χ2v) is 9.31.